The summed E-state index contributed by atoms with van der Waals surface area (Å²) in [4.78, 5) is 4.58. The fourth-order valence-corrected chi connectivity index (χ4v) is 4.09. The van der Waals surface area contributed by atoms with Crippen molar-refractivity contribution in [3.8, 4) is 22.3 Å². The van der Waals surface area contributed by atoms with Crippen molar-refractivity contribution in [2.24, 2.45) is 4.99 Å². The van der Waals surface area contributed by atoms with E-state index < -0.39 is 0 Å². The summed E-state index contributed by atoms with van der Waals surface area (Å²) >= 11 is 0. The zero-order valence-electron chi connectivity index (χ0n) is 17.0. The van der Waals surface area contributed by atoms with Crippen molar-refractivity contribution < 1.29 is 4.42 Å². The van der Waals surface area contributed by atoms with Crippen molar-refractivity contribution in [2.45, 2.75) is 39.0 Å². The molecule has 2 nitrogen and oxygen atoms in total. The number of hydrogen-bond acceptors (Lipinski definition) is 2. The van der Waals surface area contributed by atoms with Crippen LogP contribution in [0.15, 0.2) is 76.1 Å². The molecule has 0 aliphatic heterocycles. The van der Waals surface area contributed by atoms with E-state index in [1.807, 2.05) is 13.1 Å². The fraction of sp³-hybridized carbons (Fsp3) is 0.222. The summed E-state index contributed by atoms with van der Waals surface area (Å²) in [7, 11) is 0. The molecular formula is C27H25NO. The van der Waals surface area contributed by atoms with Crippen LogP contribution in [0.3, 0.4) is 0 Å². The third-order valence-corrected chi connectivity index (χ3v) is 5.78. The Morgan fingerprint density at radius 1 is 0.897 bits per heavy atom. The zero-order valence-corrected chi connectivity index (χ0v) is 17.0. The van der Waals surface area contributed by atoms with E-state index in [2.05, 4.69) is 78.6 Å². The predicted molar refractivity (Wildman–Crippen MR) is 122 cm³/mol. The maximum absolute atomic E-state index is 6.01. The monoisotopic (exact) mass is 379 g/mol. The summed E-state index contributed by atoms with van der Waals surface area (Å²) in [5.74, 6) is 1.72. The first-order valence-electron chi connectivity index (χ1n) is 10.5. The Balaban J connectivity index is 1.57. The van der Waals surface area contributed by atoms with Gasteiger partial charge in [-0.1, -0.05) is 55.5 Å². The van der Waals surface area contributed by atoms with Crippen molar-refractivity contribution in [2.75, 3.05) is 0 Å². The summed E-state index contributed by atoms with van der Waals surface area (Å²) in [6.07, 6.45) is 5.33. The van der Waals surface area contributed by atoms with Gasteiger partial charge in [-0.2, -0.15) is 0 Å². The van der Waals surface area contributed by atoms with E-state index >= 15 is 0 Å². The van der Waals surface area contributed by atoms with E-state index in [-0.39, 0.29) is 0 Å². The summed E-state index contributed by atoms with van der Waals surface area (Å²) in [5, 5.41) is 1.08. The molecule has 0 N–H and O–H groups in total. The van der Waals surface area contributed by atoms with Gasteiger partial charge in [-0.15, -0.1) is 0 Å². The molecule has 0 atom stereocenters. The van der Waals surface area contributed by atoms with Gasteiger partial charge in [-0.3, -0.25) is 4.99 Å². The topological polar surface area (TPSA) is 25.5 Å². The van der Waals surface area contributed by atoms with Crippen LogP contribution >= 0.6 is 0 Å². The maximum Gasteiger partial charge on any atom is 0.136 e. The lowest BCUT2D eigenvalue weighted by molar-refractivity contribution is 0.558. The molecule has 1 fully saturated rings. The predicted octanol–water partition coefficient (Wildman–Crippen LogP) is 7.93. The molecule has 5 rings (SSSR count). The minimum Gasteiger partial charge on any atom is -0.459 e. The van der Waals surface area contributed by atoms with Gasteiger partial charge in [0, 0.05) is 18.0 Å². The molecule has 0 saturated heterocycles. The molecule has 2 heteroatoms. The van der Waals surface area contributed by atoms with Gasteiger partial charge in [0.25, 0.3) is 0 Å². The van der Waals surface area contributed by atoms with Gasteiger partial charge in [0.05, 0.1) is 0 Å². The number of rotatable bonds is 5. The van der Waals surface area contributed by atoms with Crippen LogP contribution in [0.5, 0.6) is 0 Å². The van der Waals surface area contributed by atoms with E-state index in [4.69, 9.17) is 4.42 Å². The summed E-state index contributed by atoms with van der Waals surface area (Å²) in [6.45, 7) is 4.05. The first kappa shape index (κ1) is 17.9. The lowest BCUT2D eigenvalue weighted by Gasteiger charge is -2.08. The largest absolute Gasteiger partial charge is 0.459 e. The molecule has 0 spiro atoms. The van der Waals surface area contributed by atoms with E-state index in [1.165, 1.54) is 40.7 Å². The van der Waals surface area contributed by atoms with Gasteiger partial charge in [0.1, 0.15) is 17.0 Å². The third-order valence-electron chi connectivity index (χ3n) is 5.78. The van der Waals surface area contributed by atoms with Crippen LogP contribution in [0.4, 0.5) is 5.69 Å². The summed E-state index contributed by atoms with van der Waals surface area (Å²) < 4.78 is 6.01. The average molecular weight is 380 g/mol. The Hall–Kier alpha value is -3.13. The smallest absolute Gasteiger partial charge is 0.136 e. The van der Waals surface area contributed by atoms with Gasteiger partial charge in [0.15, 0.2) is 0 Å². The second kappa shape index (κ2) is 7.36. The first-order chi connectivity index (χ1) is 14.3. The standard InChI is InChI=1S/C27H25NO/c1-3-25-27(28-4-2)24-17-23(13-14-26(24)29-25)22-10-6-9-21(16-22)20-8-5-7-19(15-20)18-11-12-18/h4-10,13-18H,3,11-12H2,1-2H3. The highest BCUT2D eigenvalue weighted by Crippen LogP contribution is 2.41. The number of benzene rings is 3. The number of aryl methyl sites for hydroxylation is 1. The molecule has 1 aromatic heterocycles. The van der Waals surface area contributed by atoms with Crippen molar-refractivity contribution >= 4 is 22.9 Å². The lowest BCUT2D eigenvalue weighted by Crippen LogP contribution is -1.84. The molecule has 0 amide bonds. The highest BCUT2D eigenvalue weighted by molar-refractivity contribution is 5.95. The number of fused-ring (bicyclic) bond motifs is 1. The van der Waals surface area contributed by atoms with E-state index in [0.29, 0.717) is 0 Å². The second-order valence-electron chi connectivity index (χ2n) is 7.81. The van der Waals surface area contributed by atoms with E-state index in [0.717, 1.165) is 34.8 Å². The van der Waals surface area contributed by atoms with E-state index in [1.54, 1.807) is 0 Å². The molecule has 0 bridgehead atoms. The number of nitrogens with zero attached hydrogens (tertiary/aromatic N) is 1. The van der Waals surface area contributed by atoms with Crippen molar-refractivity contribution in [1.82, 2.24) is 0 Å². The van der Waals surface area contributed by atoms with Crippen LogP contribution in [0.25, 0.3) is 33.2 Å². The van der Waals surface area contributed by atoms with Gasteiger partial charge in [-0.25, -0.2) is 0 Å². The first-order valence-corrected chi connectivity index (χ1v) is 10.5. The van der Waals surface area contributed by atoms with Crippen LogP contribution in [0, 0.1) is 0 Å². The Bertz CT molecular complexity index is 1210. The number of aliphatic imine (C=N–C) groups is 1. The second-order valence-corrected chi connectivity index (χ2v) is 7.81. The Kier molecular flexibility index (Phi) is 4.55. The van der Waals surface area contributed by atoms with E-state index in [9.17, 15) is 0 Å². The Morgan fingerprint density at radius 3 is 2.28 bits per heavy atom. The molecule has 1 aliphatic carbocycles. The molecule has 1 heterocycles. The molecule has 3 aromatic carbocycles. The number of furan rings is 1. The average Bonchev–Trinajstić information content (AvgIpc) is 3.57. The van der Waals surface area contributed by atoms with Gasteiger partial charge >= 0.3 is 0 Å². The van der Waals surface area contributed by atoms with Crippen LogP contribution < -0.4 is 0 Å². The zero-order chi connectivity index (χ0) is 19.8. The molecule has 4 aromatic rings. The van der Waals surface area contributed by atoms with Crippen molar-refractivity contribution in [3.63, 3.8) is 0 Å². The normalized spacial score (nSPS) is 14.1. The maximum atomic E-state index is 6.01. The SMILES string of the molecule is CC=Nc1c(CC)oc2ccc(-c3cccc(-c4cccc(C5CC5)c4)c3)cc12. The van der Waals surface area contributed by atoms with Crippen LogP contribution in [0.2, 0.25) is 0 Å². The van der Waals surface area contributed by atoms with Crippen molar-refractivity contribution in [3.05, 3.63) is 78.1 Å². The highest BCUT2D eigenvalue weighted by Gasteiger charge is 2.23. The highest BCUT2D eigenvalue weighted by atomic mass is 16.3. The number of hydrogen-bond donors (Lipinski definition) is 0. The molecule has 0 unspecified atom stereocenters. The van der Waals surface area contributed by atoms with Gasteiger partial charge < -0.3 is 4.42 Å². The van der Waals surface area contributed by atoms with Gasteiger partial charge in [-0.05, 0) is 71.7 Å². The Labute approximate surface area is 171 Å². The quantitative estimate of drug-likeness (QED) is 0.323. The molecular weight excluding hydrogens is 354 g/mol. The molecule has 1 aliphatic rings. The molecule has 1 saturated carbocycles. The Morgan fingerprint density at radius 2 is 1.59 bits per heavy atom. The summed E-state index contributed by atoms with van der Waals surface area (Å²) in [5.41, 5.74) is 8.30. The lowest BCUT2D eigenvalue weighted by atomic mass is 9.96. The van der Waals surface area contributed by atoms with Gasteiger partial charge in [0.2, 0.25) is 0 Å². The molecule has 144 valence electrons. The van der Waals surface area contributed by atoms with Crippen molar-refractivity contribution in [1.29, 1.82) is 0 Å². The third kappa shape index (κ3) is 3.40. The fourth-order valence-electron chi connectivity index (χ4n) is 4.09. The van der Waals surface area contributed by atoms with Crippen LogP contribution in [-0.2, 0) is 6.42 Å². The van der Waals surface area contributed by atoms with Crippen LogP contribution in [-0.4, -0.2) is 6.21 Å². The molecule has 0 radical (unpaired) electrons. The summed E-state index contributed by atoms with van der Waals surface area (Å²) in [6, 6.07) is 24.3. The minimum atomic E-state index is 0.770. The van der Waals surface area contributed by atoms with Crippen LogP contribution in [0.1, 0.15) is 43.9 Å². The molecule has 29 heavy (non-hydrogen) atoms. The minimum absolute atomic E-state index is 0.770.